The van der Waals surface area contributed by atoms with Gasteiger partial charge in [0.2, 0.25) is 0 Å². The van der Waals surface area contributed by atoms with E-state index in [4.69, 9.17) is 19.8 Å². The van der Waals surface area contributed by atoms with E-state index in [0.717, 1.165) is 13.8 Å². The third kappa shape index (κ3) is 4100. The van der Waals surface area contributed by atoms with Crippen LogP contribution in [0.3, 0.4) is 0 Å². The van der Waals surface area contributed by atoms with Crippen molar-refractivity contribution < 1.29 is 36.2 Å². The van der Waals surface area contributed by atoms with Crippen molar-refractivity contribution in [3.05, 3.63) is 0 Å². The van der Waals surface area contributed by atoms with Crippen LogP contribution < -0.4 is 0 Å². The summed E-state index contributed by atoms with van der Waals surface area (Å²) >= 11 is 0. The van der Waals surface area contributed by atoms with Crippen molar-refractivity contribution in [3.63, 3.8) is 0 Å². The third-order valence-corrected chi connectivity index (χ3v) is 0. The van der Waals surface area contributed by atoms with Gasteiger partial charge >= 0.3 is 52.4 Å². The average Bonchev–Trinajstić information content (AvgIpc) is 1.25. The van der Waals surface area contributed by atoms with Crippen LogP contribution >= 0.6 is 0 Å². The molecule has 0 amide bonds. The summed E-state index contributed by atoms with van der Waals surface area (Å²) in [4.78, 5) is 18.0. The molecular weight excluding hydrogens is 578 g/mol. The minimum absolute atomic E-state index is 0. The number of aliphatic carboxylic acids is 2. The van der Waals surface area contributed by atoms with E-state index in [0.29, 0.717) is 0 Å². The van der Waals surface area contributed by atoms with Gasteiger partial charge < -0.3 is 26.6 Å². The SMILES string of the molecule is CC(=O)O.CC(=O)O.[Bi+3].[Bi+3].[O-2].[O-2].[O-2]. The molecule has 0 saturated heterocycles. The van der Waals surface area contributed by atoms with E-state index in [1.807, 2.05) is 0 Å². The number of carbonyl (C=O) groups is 2. The molecule has 0 atom stereocenters. The molecule has 4 radical (unpaired) electrons. The van der Waals surface area contributed by atoms with Gasteiger partial charge in [-0.3, -0.25) is 9.59 Å². The molecule has 0 aliphatic carbocycles. The molecule has 0 aliphatic rings. The van der Waals surface area contributed by atoms with Gasteiger partial charge in [0.25, 0.3) is 11.9 Å². The average molecular weight is 586 g/mol. The monoisotopic (exact) mass is 586 g/mol. The zero-order valence-corrected chi connectivity index (χ0v) is 13.8. The number of rotatable bonds is 0. The molecule has 0 saturated carbocycles. The van der Waals surface area contributed by atoms with Crippen LogP contribution in [0.25, 0.3) is 0 Å². The third-order valence-electron chi connectivity index (χ3n) is 0. The van der Waals surface area contributed by atoms with Gasteiger partial charge in [-0.05, 0) is 0 Å². The first-order valence-electron chi connectivity index (χ1n) is 1.86. The molecule has 2 N–H and O–H groups in total. The van der Waals surface area contributed by atoms with Crippen LogP contribution in [0.1, 0.15) is 13.8 Å². The first-order valence-corrected chi connectivity index (χ1v) is 1.86. The quantitative estimate of drug-likeness (QED) is 0.351. The Morgan fingerprint density at radius 3 is 0.769 bits per heavy atom. The Kier molecular flexibility index (Phi) is 149. The second-order valence-electron chi connectivity index (χ2n) is 1.04. The summed E-state index contributed by atoms with van der Waals surface area (Å²) in [7, 11) is 0. The molecule has 0 unspecified atom stereocenters. The number of carboxylic acid groups (broad SMARTS) is 2. The summed E-state index contributed by atoms with van der Waals surface area (Å²) in [5.41, 5.74) is 0. The van der Waals surface area contributed by atoms with Crippen LogP contribution in [-0.4, -0.2) is 74.6 Å². The summed E-state index contributed by atoms with van der Waals surface area (Å²) in [6, 6.07) is 0. The zero-order chi connectivity index (χ0) is 7.15. The van der Waals surface area contributed by atoms with Gasteiger partial charge in [-0.2, -0.15) is 0 Å². The summed E-state index contributed by atoms with van der Waals surface area (Å²) in [6.07, 6.45) is 0. The van der Waals surface area contributed by atoms with E-state index in [1.54, 1.807) is 0 Å². The minimum atomic E-state index is -0.833. The predicted octanol–water partition coefficient (Wildman–Crippen LogP) is -0.936. The van der Waals surface area contributed by atoms with E-state index >= 15 is 0 Å². The number of carboxylic acids is 2. The first kappa shape index (κ1) is 49.6. The van der Waals surface area contributed by atoms with Crippen LogP contribution in [0.4, 0.5) is 0 Å². The Labute approximate surface area is 114 Å². The molecule has 0 aliphatic heterocycles. The Balaban J connectivity index is -0.00000000800. The molecule has 9 heteroatoms. The molecule has 0 aromatic rings. The fourth-order valence-corrected chi connectivity index (χ4v) is 0. The van der Waals surface area contributed by atoms with Gasteiger partial charge in [-0.15, -0.1) is 0 Å². The maximum absolute atomic E-state index is 9.00. The van der Waals surface area contributed by atoms with Crippen LogP contribution in [0.5, 0.6) is 0 Å². The van der Waals surface area contributed by atoms with Crippen molar-refractivity contribution in [2.75, 3.05) is 0 Å². The Hall–Kier alpha value is 0.586. The van der Waals surface area contributed by atoms with Crippen molar-refractivity contribution in [3.8, 4) is 0 Å². The smallest absolute Gasteiger partial charge is 2.00 e. The van der Waals surface area contributed by atoms with E-state index in [1.165, 1.54) is 0 Å². The second kappa shape index (κ2) is 38.9. The summed E-state index contributed by atoms with van der Waals surface area (Å²) in [5.74, 6) is -1.67. The zero-order valence-electron chi connectivity index (χ0n) is 6.83. The maximum atomic E-state index is 9.00. The van der Waals surface area contributed by atoms with Crippen LogP contribution in [0.2, 0.25) is 0 Å². The van der Waals surface area contributed by atoms with Gasteiger partial charge in [-0.1, -0.05) is 0 Å². The van der Waals surface area contributed by atoms with Gasteiger partial charge in [-0.25, -0.2) is 0 Å². The van der Waals surface area contributed by atoms with Gasteiger partial charge in [0.05, 0.1) is 0 Å². The minimum Gasteiger partial charge on any atom is -2.00 e. The topological polar surface area (TPSA) is 160 Å². The molecule has 7 nitrogen and oxygen atoms in total. The predicted molar refractivity (Wildman–Crippen MR) is 40.2 cm³/mol. The van der Waals surface area contributed by atoms with Crippen LogP contribution in [0, 0.1) is 0 Å². The van der Waals surface area contributed by atoms with E-state index in [9.17, 15) is 0 Å². The standard InChI is InChI=1S/2C2H4O2.2Bi.3O/c2*1-2(3)4;;;;;/h2*1H3,(H,3,4);;;;;/q;;2*+3;3*-2. The fourth-order valence-electron chi connectivity index (χ4n) is 0. The second-order valence-corrected chi connectivity index (χ2v) is 1.04. The molecule has 0 heterocycles. The fraction of sp³-hybridized carbons (Fsp3) is 0.500. The van der Waals surface area contributed by atoms with Crippen molar-refractivity contribution in [2.24, 2.45) is 0 Å². The molecule has 13 heavy (non-hydrogen) atoms. The summed E-state index contributed by atoms with van der Waals surface area (Å²) < 4.78 is 0. The number of hydrogen-bond acceptors (Lipinski definition) is 2. The largest absolute Gasteiger partial charge is 3.00 e. The van der Waals surface area contributed by atoms with Gasteiger partial charge in [0.15, 0.2) is 0 Å². The van der Waals surface area contributed by atoms with Crippen molar-refractivity contribution in [2.45, 2.75) is 13.8 Å². The van der Waals surface area contributed by atoms with Crippen LogP contribution in [0.15, 0.2) is 0 Å². The molecule has 0 spiro atoms. The van der Waals surface area contributed by atoms with Crippen molar-refractivity contribution >= 4 is 64.3 Å². The molecule has 0 rings (SSSR count). The molecule has 0 bridgehead atoms. The Morgan fingerprint density at radius 1 is 0.769 bits per heavy atom. The summed E-state index contributed by atoms with van der Waals surface area (Å²) in [6.45, 7) is 2.17. The van der Waals surface area contributed by atoms with Crippen LogP contribution in [-0.2, 0) is 26.0 Å². The normalized spacial score (nSPS) is 3.85. The van der Waals surface area contributed by atoms with Gasteiger partial charge in [0.1, 0.15) is 0 Å². The number of hydrogen-bond donors (Lipinski definition) is 2. The molecular formula is C4H8Bi2O7. The Bertz CT molecular complexity index is 76.5. The first-order chi connectivity index (χ1) is 3.46. The molecule has 0 aromatic carbocycles. The summed E-state index contributed by atoms with van der Waals surface area (Å²) in [5, 5.41) is 14.8. The maximum Gasteiger partial charge on any atom is 3.00 e. The van der Waals surface area contributed by atoms with Gasteiger partial charge in [0, 0.05) is 13.8 Å². The molecule has 76 valence electrons. The van der Waals surface area contributed by atoms with E-state index in [2.05, 4.69) is 0 Å². The molecule has 0 fully saturated rings. The Morgan fingerprint density at radius 2 is 0.769 bits per heavy atom. The van der Waals surface area contributed by atoms with Crippen molar-refractivity contribution in [1.82, 2.24) is 0 Å². The van der Waals surface area contributed by atoms with E-state index < -0.39 is 11.9 Å². The van der Waals surface area contributed by atoms with Crippen molar-refractivity contribution in [1.29, 1.82) is 0 Å². The van der Waals surface area contributed by atoms with E-state index in [-0.39, 0.29) is 68.8 Å². The molecule has 0 aromatic heterocycles.